The van der Waals surface area contributed by atoms with Crippen LogP contribution in [-0.2, 0) is 0 Å². The van der Waals surface area contributed by atoms with Gasteiger partial charge in [0.2, 0.25) is 0 Å². The van der Waals surface area contributed by atoms with E-state index >= 15 is 0 Å². The topological polar surface area (TPSA) is 13.1 Å². The molecular formula is C54H35N3S. The van der Waals surface area contributed by atoms with E-state index in [1.54, 1.807) is 0 Å². The Kier molecular flexibility index (Phi) is 7.40. The van der Waals surface area contributed by atoms with Crippen molar-refractivity contribution in [3.63, 3.8) is 0 Å². The average Bonchev–Trinajstić information content (AvgIpc) is 3.94. The summed E-state index contributed by atoms with van der Waals surface area (Å²) in [5.41, 5.74) is 12.7. The first-order valence-corrected chi connectivity index (χ1v) is 20.6. The molecule has 0 saturated heterocycles. The van der Waals surface area contributed by atoms with E-state index < -0.39 is 0 Å². The summed E-state index contributed by atoms with van der Waals surface area (Å²) in [6, 6.07) is 77.5. The molecule has 272 valence electrons. The van der Waals surface area contributed by atoms with Gasteiger partial charge in [-0.05, 0) is 84.4 Å². The molecule has 0 aliphatic heterocycles. The largest absolute Gasteiger partial charge is 0.310 e. The third kappa shape index (κ3) is 5.05. The molecule has 0 radical (unpaired) electrons. The molecule has 0 spiro atoms. The van der Waals surface area contributed by atoms with E-state index in [9.17, 15) is 0 Å². The van der Waals surface area contributed by atoms with E-state index in [-0.39, 0.29) is 0 Å². The molecule has 12 aromatic rings. The fourth-order valence-electron chi connectivity index (χ4n) is 9.14. The van der Waals surface area contributed by atoms with Crippen LogP contribution in [0.15, 0.2) is 212 Å². The fourth-order valence-corrected chi connectivity index (χ4v) is 10.3. The molecule has 0 aliphatic rings. The van der Waals surface area contributed by atoms with Crippen molar-refractivity contribution in [3.05, 3.63) is 212 Å². The number of nitrogens with zero attached hydrogens (tertiary/aromatic N) is 3. The first-order valence-electron chi connectivity index (χ1n) is 19.8. The van der Waals surface area contributed by atoms with Crippen LogP contribution in [0.3, 0.4) is 0 Å². The number of fused-ring (bicyclic) bond motifs is 9. The number of hydrogen-bond donors (Lipinski definition) is 0. The molecule has 4 heteroatoms. The number of thiophene rings is 1. The molecule has 0 N–H and O–H groups in total. The molecule has 0 unspecified atom stereocenters. The minimum Gasteiger partial charge on any atom is -0.310 e. The number of benzene rings is 9. The average molecular weight is 758 g/mol. The summed E-state index contributed by atoms with van der Waals surface area (Å²) in [5, 5.41) is 7.56. The summed E-state index contributed by atoms with van der Waals surface area (Å²) in [5.74, 6) is 0. The van der Waals surface area contributed by atoms with Gasteiger partial charge in [0, 0.05) is 70.0 Å². The van der Waals surface area contributed by atoms with Crippen molar-refractivity contribution >= 4 is 92.2 Å². The van der Waals surface area contributed by atoms with Crippen LogP contribution in [0.1, 0.15) is 0 Å². The molecule has 9 aromatic carbocycles. The van der Waals surface area contributed by atoms with Crippen molar-refractivity contribution in [3.8, 4) is 22.5 Å². The summed E-state index contributed by atoms with van der Waals surface area (Å²) in [6.45, 7) is 0. The lowest BCUT2D eigenvalue weighted by Gasteiger charge is -2.28. The smallest absolute Gasteiger partial charge is 0.0561 e. The first-order chi connectivity index (χ1) is 28.8. The third-order valence-electron chi connectivity index (χ3n) is 11.7. The summed E-state index contributed by atoms with van der Waals surface area (Å²) in [6.07, 6.45) is 0. The van der Waals surface area contributed by atoms with Crippen molar-refractivity contribution < 1.29 is 0 Å². The Morgan fingerprint density at radius 1 is 0.328 bits per heavy atom. The van der Waals surface area contributed by atoms with Gasteiger partial charge >= 0.3 is 0 Å². The van der Waals surface area contributed by atoms with Crippen LogP contribution in [0.5, 0.6) is 0 Å². The Morgan fingerprint density at radius 2 is 0.810 bits per heavy atom. The monoisotopic (exact) mass is 757 g/mol. The Hall–Kier alpha value is -7.40. The zero-order valence-corrected chi connectivity index (χ0v) is 32.3. The fraction of sp³-hybridized carbons (Fsp3) is 0. The maximum atomic E-state index is 2.46. The highest BCUT2D eigenvalue weighted by atomic mass is 32.1. The highest BCUT2D eigenvalue weighted by Crippen LogP contribution is 2.46. The summed E-state index contributed by atoms with van der Waals surface area (Å²) in [7, 11) is 0. The maximum Gasteiger partial charge on any atom is 0.0561 e. The molecule has 3 heterocycles. The SMILES string of the molecule is c1ccc(-n2c3ccccc3c3ccc(-c4ccccc4N(c4ccc5c(c4)sc4ccccc45)c4ccc5c6ccccc6n(-c6ccccc6)c5c4)cc32)cc1. The minimum absolute atomic E-state index is 1.10. The van der Waals surface area contributed by atoms with E-state index in [1.165, 1.54) is 63.8 Å². The van der Waals surface area contributed by atoms with Gasteiger partial charge < -0.3 is 14.0 Å². The van der Waals surface area contributed by atoms with Crippen molar-refractivity contribution in [2.45, 2.75) is 0 Å². The second kappa shape index (κ2) is 13.1. The van der Waals surface area contributed by atoms with Crippen LogP contribution in [0.2, 0.25) is 0 Å². The van der Waals surface area contributed by atoms with Gasteiger partial charge in [0.25, 0.3) is 0 Å². The van der Waals surface area contributed by atoms with Gasteiger partial charge in [0.1, 0.15) is 0 Å². The zero-order chi connectivity index (χ0) is 38.2. The van der Waals surface area contributed by atoms with Crippen LogP contribution >= 0.6 is 11.3 Å². The van der Waals surface area contributed by atoms with Crippen molar-refractivity contribution in [2.75, 3.05) is 4.90 Å². The Bertz CT molecular complexity index is 3520. The molecule has 3 nitrogen and oxygen atoms in total. The standard InChI is InChI=1S/C54H35N3S/c1-3-15-37(16-4-1)56-49-24-12-8-20-42(49)44-30-27-36(33-51(44)56)41-19-7-11-23-48(41)55(40-29-32-47-46-22-10-14-26-53(46)58-54(47)35-40)39-28-31-45-43-21-9-13-25-50(43)57(52(45)34-39)38-17-5-2-6-18-38/h1-35H. The van der Waals surface area contributed by atoms with Gasteiger partial charge in [0.05, 0.1) is 27.8 Å². The molecule has 12 rings (SSSR count). The molecule has 0 amide bonds. The molecule has 0 bridgehead atoms. The van der Waals surface area contributed by atoms with Gasteiger partial charge in [-0.2, -0.15) is 0 Å². The number of aromatic nitrogens is 2. The van der Waals surface area contributed by atoms with Gasteiger partial charge in [-0.1, -0.05) is 133 Å². The number of para-hydroxylation sites is 5. The predicted octanol–water partition coefficient (Wildman–Crippen LogP) is 15.4. The number of hydrogen-bond acceptors (Lipinski definition) is 2. The van der Waals surface area contributed by atoms with Gasteiger partial charge in [-0.25, -0.2) is 0 Å². The van der Waals surface area contributed by atoms with Crippen LogP contribution in [0.4, 0.5) is 17.1 Å². The Balaban J connectivity index is 1.12. The first kappa shape index (κ1) is 32.8. The second-order valence-electron chi connectivity index (χ2n) is 14.9. The molecule has 0 saturated carbocycles. The molecule has 58 heavy (non-hydrogen) atoms. The molecule has 0 fully saturated rings. The maximum absolute atomic E-state index is 2.46. The van der Waals surface area contributed by atoms with Crippen molar-refractivity contribution in [1.29, 1.82) is 0 Å². The van der Waals surface area contributed by atoms with Gasteiger partial charge in [-0.15, -0.1) is 11.3 Å². The lowest BCUT2D eigenvalue weighted by Crippen LogP contribution is -2.11. The predicted molar refractivity (Wildman–Crippen MR) is 248 cm³/mol. The van der Waals surface area contributed by atoms with Crippen molar-refractivity contribution in [2.24, 2.45) is 0 Å². The molecule has 0 aliphatic carbocycles. The van der Waals surface area contributed by atoms with Gasteiger partial charge in [-0.3, -0.25) is 0 Å². The molecule has 0 atom stereocenters. The Labute approximate surface area is 339 Å². The van der Waals surface area contributed by atoms with E-state index in [4.69, 9.17) is 0 Å². The Morgan fingerprint density at radius 3 is 1.50 bits per heavy atom. The number of rotatable bonds is 6. The normalized spacial score (nSPS) is 11.8. The molecular weight excluding hydrogens is 723 g/mol. The quantitative estimate of drug-likeness (QED) is 0.165. The minimum atomic E-state index is 1.10. The van der Waals surface area contributed by atoms with Crippen LogP contribution in [0, 0.1) is 0 Å². The summed E-state index contributed by atoms with van der Waals surface area (Å²) in [4.78, 5) is 2.46. The number of anilines is 3. The van der Waals surface area contributed by atoms with Crippen LogP contribution in [0.25, 0.3) is 86.3 Å². The van der Waals surface area contributed by atoms with Crippen LogP contribution in [-0.4, -0.2) is 9.13 Å². The summed E-state index contributed by atoms with van der Waals surface area (Å²) >= 11 is 1.86. The summed E-state index contributed by atoms with van der Waals surface area (Å²) < 4.78 is 7.39. The zero-order valence-electron chi connectivity index (χ0n) is 31.5. The third-order valence-corrected chi connectivity index (χ3v) is 12.8. The lowest BCUT2D eigenvalue weighted by atomic mass is 9.99. The van der Waals surface area contributed by atoms with Gasteiger partial charge in [0.15, 0.2) is 0 Å². The lowest BCUT2D eigenvalue weighted by molar-refractivity contribution is 1.18. The highest BCUT2D eigenvalue weighted by Gasteiger charge is 2.22. The van der Waals surface area contributed by atoms with Crippen LogP contribution < -0.4 is 4.90 Å². The van der Waals surface area contributed by atoms with E-state index in [1.807, 2.05) is 11.3 Å². The highest BCUT2D eigenvalue weighted by molar-refractivity contribution is 7.25. The van der Waals surface area contributed by atoms with E-state index in [2.05, 4.69) is 226 Å². The molecule has 3 aromatic heterocycles. The van der Waals surface area contributed by atoms with E-state index in [0.717, 1.165) is 39.6 Å². The van der Waals surface area contributed by atoms with E-state index in [0.29, 0.717) is 0 Å². The second-order valence-corrected chi connectivity index (χ2v) is 16.0. The van der Waals surface area contributed by atoms with Crippen molar-refractivity contribution in [1.82, 2.24) is 9.13 Å².